The number of benzene rings is 1. The van der Waals surface area contributed by atoms with E-state index in [4.69, 9.17) is 14.5 Å². The van der Waals surface area contributed by atoms with E-state index in [0.29, 0.717) is 43.4 Å². The Kier molecular flexibility index (Phi) is 8.74. The third kappa shape index (κ3) is 5.99. The fourth-order valence-electron chi connectivity index (χ4n) is 6.97. The number of rotatable bonds is 6. The van der Waals surface area contributed by atoms with Crippen LogP contribution in [-0.2, 0) is 9.53 Å². The van der Waals surface area contributed by atoms with Crippen molar-refractivity contribution in [1.82, 2.24) is 24.8 Å². The van der Waals surface area contributed by atoms with Crippen molar-refractivity contribution in [3.63, 3.8) is 0 Å². The standard InChI is InChI=1S/C36H40F2N6O5/c1-5-28(46)42-13-14-43(20(4)16-42)34-23-15-25(38)31-29-24(37)7-6-8-27(29)48-18-26(45)33(49-17-21-9-10-21)22-11-12-39-30(19(2)3)32(22)44(35(23)40-31)36(47)41-34/h5-8,11-12,15,19-21,26,30,33,39,45H,1,9-10,13-14,16-18H2,2-4H3/t20-,26?,30?,33?/m0/s1. The summed E-state index contributed by atoms with van der Waals surface area (Å²) >= 11 is 0. The lowest BCUT2D eigenvalue weighted by Gasteiger charge is -2.40. The fourth-order valence-corrected chi connectivity index (χ4v) is 6.97. The minimum atomic E-state index is -1.24. The van der Waals surface area contributed by atoms with Crippen LogP contribution in [0.15, 0.2) is 59.6 Å². The number of dihydropyridines is 1. The van der Waals surface area contributed by atoms with Crippen molar-refractivity contribution >= 4 is 28.5 Å². The maximum atomic E-state index is 16.4. The number of amides is 1. The Morgan fingerprint density at radius 1 is 1.22 bits per heavy atom. The normalized spacial score (nSPS) is 23.8. The number of nitrogens with zero attached hydrogens (tertiary/aromatic N) is 5. The molecule has 3 aliphatic heterocycles. The summed E-state index contributed by atoms with van der Waals surface area (Å²) < 4.78 is 45.8. The highest BCUT2D eigenvalue weighted by atomic mass is 19.1. The first-order valence-electron chi connectivity index (χ1n) is 16.8. The lowest BCUT2D eigenvalue weighted by Crippen LogP contribution is -2.54. The molecule has 0 radical (unpaired) electrons. The molecule has 2 N–H and O–H groups in total. The summed E-state index contributed by atoms with van der Waals surface area (Å²) in [6, 6.07) is 4.58. The molecule has 1 saturated heterocycles. The van der Waals surface area contributed by atoms with Gasteiger partial charge in [-0.3, -0.25) is 4.79 Å². The molecule has 49 heavy (non-hydrogen) atoms. The number of pyridine rings is 1. The molecule has 1 amide bonds. The Bertz CT molecular complexity index is 1940. The largest absolute Gasteiger partial charge is 0.490 e. The Morgan fingerprint density at radius 2 is 2.02 bits per heavy atom. The van der Waals surface area contributed by atoms with Crippen LogP contribution < -0.4 is 20.6 Å². The number of aliphatic hydroxyl groups excluding tert-OH is 1. The quantitative estimate of drug-likeness (QED) is 0.376. The van der Waals surface area contributed by atoms with Crippen LogP contribution in [-0.4, -0.2) is 87.6 Å². The topological polar surface area (TPSA) is 122 Å². The molecule has 2 aromatic heterocycles. The number of nitrogens with one attached hydrogen (secondary N) is 1. The number of anilines is 1. The van der Waals surface area contributed by atoms with Crippen molar-refractivity contribution in [1.29, 1.82) is 0 Å². The van der Waals surface area contributed by atoms with E-state index in [0.717, 1.165) is 12.8 Å². The summed E-state index contributed by atoms with van der Waals surface area (Å²) in [5.41, 5.74) is -0.228. The van der Waals surface area contributed by atoms with Crippen molar-refractivity contribution in [2.45, 2.75) is 57.9 Å². The molecule has 4 atom stereocenters. The second-order valence-electron chi connectivity index (χ2n) is 13.5. The van der Waals surface area contributed by atoms with E-state index >= 15 is 8.78 Å². The van der Waals surface area contributed by atoms with E-state index in [9.17, 15) is 14.7 Å². The maximum absolute atomic E-state index is 16.4. The highest BCUT2D eigenvalue weighted by Gasteiger charge is 2.38. The van der Waals surface area contributed by atoms with Crippen LogP contribution in [0.3, 0.4) is 0 Å². The molecule has 4 aliphatic rings. The first-order chi connectivity index (χ1) is 23.6. The van der Waals surface area contributed by atoms with Crippen LogP contribution in [0.2, 0.25) is 0 Å². The van der Waals surface area contributed by atoms with E-state index in [2.05, 4.69) is 16.9 Å². The van der Waals surface area contributed by atoms with Crippen molar-refractivity contribution in [3.8, 4) is 17.0 Å². The van der Waals surface area contributed by atoms with E-state index in [-0.39, 0.29) is 58.3 Å². The molecular weight excluding hydrogens is 634 g/mol. The summed E-state index contributed by atoms with van der Waals surface area (Å²) in [5.74, 6) is -1.35. The lowest BCUT2D eigenvalue weighted by molar-refractivity contribution is -0.126. The van der Waals surface area contributed by atoms with Crippen LogP contribution in [0.5, 0.6) is 5.75 Å². The fraction of sp³-hybridized carbons (Fsp3) is 0.444. The van der Waals surface area contributed by atoms with Gasteiger partial charge in [0.25, 0.3) is 0 Å². The number of carbonyl (C=O) groups is 1. The van der Waals surface area contributed by atoms with Gasteiger partial charge in [0, 0.05) is 31.2 Å². The third-order valence-electron chi connectivity index (χ3n) is 9.71. The first kappa shape index (κ1) is 32.9. The molecule has 1 aromatic carbocycles. The molecule has 1 aliphatic carbocycles. The SMILES string of the molecule is C=CC(=O)N1CCN(c2nc(=O)n3c4nc(c(F)cc24)-c2c(F)cccc2OCC(O)C(OCC2CC2)C2=C3C(C(C)C)NC=C2)[C@@H](C)C1. The summed E-state index contributed by atoms with van der Waals surface area (Å²) in [4.78, 5) is 39.7. The van der Waals surface area contributed by atoms with Crippen molar-refractivity contribution in [2.75, 3.05) is 37.7 Å². The zero-order valence-corrected chi connectivity index (χ0v) is 27.7. The molecule has 258 valence electrons. The second kappa shape index (κ2) is 13.0. The van der Waals surface area contributed by atoms with Crippen LogP contribution in [0.25, 0.3) is 28.0 Å². The molecule has 2 bridgehead atoms. The van der Waals surface area contributed by atoms with Gasteiger partial charge in [0.1, 0.15) is 41.9 Å². The first-order valence-corrected chi connectivity index (χ1v) is 16.8. The smallest absolute Gasteiger partial charge is 0.355 e. The highest BCUT2D eigenvalue weighted by molar-refractivity contribution is 5.92. The maximum Gasteiger partial charge on any atom is 0.355 e. The highest BCUT2D eigenvalue weighted by Crippen LogP contribution is 2.39. The van der Waals surface area contributed by atoms with Gasteiger partial charge in [-0.15, -0.1) is 0 Å². The Morgan fingerprint density at radius 3 is 2.73 bits per heavy atom. The van der Waals surface area contributed by atoms with Crippen LogP contribution in [0.4, 0.5) is 14.6 Å². The number of carbonyl (C=O) groups excluding carboxylic acids is 1. The van der Waals surface area contributed by atoms with E-state index in [1.165, 1.54) is 34.9 Å². The molecule has 2 fully saturated rings. The number of piperazine rings is 1. The minimum Gasteiger partial charge on any atom is -0.490 e. The summed E-state index contributed by atoms with van der Waals surface area (Å²) in [7, 11) is 0. The van der Waals surface area contributed by atoms with Gasteiger partial charge in [-0.2, -0.15) is 4.98 Å². The van der Waals surface area contributed by atoms with Crippen molar-refractivity contribution < 1.29 is 28.2 Å². The lowest BCUT2D eigenvalue weighted by atomic mass is 9.90. The van der Waals surface area contributed by atoms with E-state index < -0.39 is 35.6 Å². The van der Waals surface area contributed by atoms with E-state index in [1.807, 2.05) is 25.7 Å². The van der Waals surface area contributed by atoms with E-state index in [1.54, 1.807) is 17.2 Å². The predicted octanol–water partition coefficient (Wildman–Crippen LogP) is 3.86. The second-order valence-corrected chi connectivity index (χ2v) is 13.5. The van der Waals surface area contributed by atoms with Gasteiger partial charge in [0.15, 0.2) is 11.5 Å². The number of hydrogen-bond acceptors (Lipinski definition) is 9. The number of fused-ring (bicyclic) bond motifs is 4. The van der Waals surface area contributed by atoms with Gasteiger partial charge in [-0.05, 0) is 68.2 Å². The molecule has 1 saturated carbocycles. The number of halogens is 2. The predicted molar refractivity (Wildman–Crippen MR) is 181 cm³/mol. The zero-order valence-electron chi connectivity index (χ0n) is 27.7. The molecule has 5 heterocycles. The monoisotopic (exact) mass is 674 g/mol. The number of aliphatic hydroxyl groups is 1. The number of hydrogen-bond donors (Lipinski definition) is 2. The van der Waals surface area contributed by atoms with Crippen molar-refractivity contribution in [3.05, 3.63) is 76.9 Å². The van der Waals surface area contributed by atoms with Gasteiger partial charge in [0.2, 0.25) is 5.91 Å². The number of aromatic nitrogens is 3. The Labute approximate surface area is 282 Å². The number of ether oxygens (including phenoxy) is 2. The molecule has 7 rings (SSSR count). The molecule has 11 nitrogen and oxygen atoms in total. The molecule has 3 aromatic rings. The average molecular weight is 675 g/mol. The Balaban J connectivity index is 1.53. The summed E-state index contributed by atoms with van der Waals surface area (Å²) in [5, 5.41) is 15.3. The minimum absolute atomic E-state index is 0.0127. The third-order valence-corrected chi connectivity index (χ3v) is 9.71. The summed E-state index contributed by atoms with van der Waals surface area (Å²) in [6.45, 7) is 10.5. The van der Waals surface area contributed by atoms with Crippen LogP contribution in [0, 0.1) is 23.5 Å². The van der Waals surface area contributed by atoms with Crippen molar-refractivity contribution in [2.24, 2.45) is 11.8 Å². The van der Waals surface area contributed by atoms with Gasteiger partial charge >= 0.3 is 5.69 Å². The average Bonchev–Trinajstić information content (AvgIpc) is 3.91. The zero-order chi connectivity index (χ0) is 34.6. The molecular formula is C36H40F2N6O5. The molecule has 3 unspecified atom stereocenters. The Hall–Kier alpha value is -4.62. The summed E-state index contributed by atoms with van der Waals surface area (Å²) in [6.07, 6.45) is 4.67. The molecule has 13 heteroatoms. The van der Waals surface area contributed by atoms with Crippen LogP contribution in [0.1, 0.15) is 33.6 Å². The van der Waals surface area contributed by atoms with Gasteiger partial charge < -0.3 is 29.7 Å². The molecule has 0 spiro atoms. The van der Waals surface area contributed by atoms with Gasteiger partial charge in [0.05, 0.1) is 29.3 Å². The van der Waals surface area contributed by atoms with Gasteiger partial charge in [-0.25, -0.2) is 23.1 Å². The van der Waals surface area contributed by atoms with Crippen LogP contribution >= 0.6 is 0 Å². The van der Waals surface area contributed by atoms with Gasteiger partial charge in [-0.1, -0.05) is 26.5 Å².